The van der Waals surface area contributed by atoms with Crippen LogP contribution in [-0.2, 0) is 6.54 Å². The first-order chi connectivity index (χ1) is 14.5. The predicted octanol–water partition coefficient (Wildman–Crippen LogP) is 3.34. The molecule has 4 aromatic rings. The van der Waals surface area contributed by atoms with Crippen LogP contribution in [0.3, 0.4) is 0 Å². The van der Waals surface area contributed by atoms with Crippen LogP contribution in [0, 0.1) is 6.92 Å². The number of furan rings is 1. The van der Waals surface area contributed by atoms with Gasteiger partial charge in [-0.05, 0) is 38.0 Å². The number of rotatable bonds is 8. The van der Waals surface area contributed by atoms with E-state index in [1.807, 2.05) is 12.1 Å². The van der Waals surface area contributed by atoms with Gasteiger partial charge in [0.15, 0.2) is 11.2 Å². The van der Waals surface area contributed by atoms with Gasteiger partial charge in [-0.15, -0.1) is 0 Å². The normalized spacial score (nSPS) is 11.4. The van der Waals surface area contributed by atoms with Gasteiger partial charge in [0, 0.05) is 35.1 Å². The van der Waals surface area contributed by atoms with E-state index in [1.165, 1.54) is 10.6 Å². The van der Waals surface area contributed by atoms with Crippen molar-refractivity contribution >= 4 is 21.9 Å². The van der Waals surface area contributed by atoms with Crippen LogP contribution >= 0.6 is 0 Å². The van der Waals surface area contributed by atoms with Crippen molar-refractivity contribution in [3.8, 4) is 5.75 Å². The van der Waals surface area contributed by atoms with Crippen LogP contribution in [0.5, 0.6) is 5.75 Å². The summed E-state index contributed by atoms with van der Waals surface area (Å²) >= 11 is 0. The van der Waals surface area contributed by atoms with Gasteiger partial charge in [-0.25, -0.2) is 9.59 Å². The third kappa shape index (κ3) is 4.07. The number of unbranched alkanes of at least 4 members (excludes halogenated alkanes) is 3. The molecule has 8 nitrogen and oxygen atoms in total. The molecule has 0 fully saturated rings. The summed E-state index contributed by atoms with van der Waals surface area (Å²) in [5.41, 5.74) is 0.305. The SMILES string of the molecule is Cc1cn(CCCCCCOc2c3occc3cc3ccc(=O)oc23)c(=O)[nH]c1=O. The van der Waals surface area contributed by atoms with Crippen molar-refractivity contribution < 1.29 is 13.6 Å². The van der Waals surface area contributed by atoms with Crippen LogP contribution in [0.15, 0.2) is 59.9 Å². The lowest BCUT2D eigenvalue weighted by Crippen LogP contribution is -2.30. The quantitative estimate of drug-likeness (QED) is 0.353. The topological polar surface area (TPSA) is 107 Å². The van der Waals surface area contributed by atoms with E-state index in [9.17, 15) is 14.4 Å². The molecular weight excluding hydrogens is 388 g/mol. The van der Waals surface area contributed by atoms with Gasteiger partial charge in [0.05, 0.1) is 12.9 Å². The fourth-order valence-electron chi connectivity index (χ4n) is 3.43. The van der Waals surface area contributed by atoms with Crippen LogP contribution in [0.25, 0.3) is 21.9 Å². The Hall–Kier alpha value is -3.55. The number of aromatic amines is 1. The molecule has 0 saturated heterocycles. The summed E-state index contributed by atoms with van der Waals surface area (Å²) in [5.74, 6) is 0.445. The molecule has 0 spiro atoms. The minimum absolute atomic E-state index is 0.344. The zero-order chi connectivity index (χ0) is 21.1. The predicted molar refractivity (Wildman–Crippen MR) is 112 cm³/mol. The lowest BCUT2D eigenvalue weighted by atomic mass is 10.1. The molecular formula is C22H22N2O6. The van der Waals surface area contributed by atoms with Crippen molar-refractivity contribution in [2.24, 2.45) is 0 Å². The summed E-state index contributed by atoms with van der Waals surface area (Å²) in [6.45, 7) is 2.68. The Kier molecular flexibility index (Phi) is 5.56. The molecule has 0 saturated carbocycles. The maximum atomic E-state index is 11.8. The molecule has 0 unspecified atom stereocenters. The standard InChI is InChI=1S/C22H22N2O6/c1-14-13-24(22(27)23-21(14)26)9-4-2-3-5-10-28-20-18-16(8-11-29-18)12-15-6-7-17(25)30-19(15)20/h6-8,11-13H,2-5,9-10H2,1H3,(H,23,26,27). The number of nitrogens with zero attached hydrogens (tertiary/aromatic N) is 1. The molecule has 0 aliphatic carbocycles. The Morgan fingerprint density at radius 1 is 1.00 bits per heavy atom. The summed E-state index contributed by atoms with van der Waals surface area (Å²) in [4.78, 5) is 37.1. The Balaban J connectivity index is 1.33. The highest BCUT2D eigenvalue weighted by Crippen LogP contribution is 2.35. The van der Waals surface area contributed by atoms with Gasteiger partial charge < -0.3 is 18.1 Å². The molecule has 1 aromatic carbocycles. The number of aryl methyl sites for hydroxylation is 2. The second-order valence-corrected chi connectivity index (χ2v) is 7.24. The van der Waals surface area contributed by atoms with Crippen molar-refractivity contribution in [2.75, 3.05) is 6.61 Å². The van der Waals surface area contributed by atoms with Crippen LogP contribution in [-0.4, -0.2) is 16.2 Å². The molecule has 1 N–H and O–H groups in total. The van der Waals surface area contributed by atoms with Crippen molar-refractivity contribution in [3.63, 3.8) is 0 Å². The first kappa shape index (κ1) is 19.8. The second kappa shape index (κ2) is 8.44. The molecule has 0 amide bonds. The maximum absolute atomic E-state index is 11.8. The summed E-state index contributed by atoms with van der Waals surface area (Å²) in [6.07, 6.45) is 6.61. The number of aromatic nitrogens is 2. The highest BCUT2D eigenvalue weighted by atomic mass is 16.5. The summed E-state index contributed by atoms with van der Waals surface area (Å²) in [7, 11) is 0. The van der Waals surface area contributed by atoms with Crippen LogP contribution < -0.4 is 21.6 Å². The zero-order valence-corrected chi connectivity index (χ0v) is 16.6. The van der Waals surface area contributed by atoms with Gasteiger partial charge in [-0.1, -0.05) is 12.8 Å². The number of fused-ring (bicyclic) bond motifs is 2. The van der Waals surface area contributed by atoms with Gasteiger partial charge in [-0.3, -0.25) is 9.78 Å². The third-order valence-electron chi connectivity index (χ3n) is 5.01. The monoisotopic (exact) mass is 410 g/mol. The minimum atomic E-state index is -0.439. The molecule has 0 bridgehead atoms. The molecule has 156 valence electrons. The number of hydrogen-bond donors (Lipinski definition) is 1. The van der Waals surface area contributed by atoms with Crippen molar-refractivity contribution in [1.82, 2.24) is 9.55 Å². The van der Waals surface area contributed by atoms with E-state index in [2.05, 4.69) is 4.98 Å². The number of hydrogen-bond acceptors (Lipinski definition) is 6. The Labute approximate surface area is 170 Å². The Bertz CT molecular complexity index is 1360. The molecule has 8 heteroatoms. The highest BCUT2D eigenvalue weighted by molar-refractivity contribution is 5.99. The van der Waals surface area contributed by atoms with Crippen molar-refractivity contribution in [3.05, 3.63) is 73.5 Å². The first-order valence-corrected chi connectivity index (χ1v) is 9.90. The fraction of sp³-hybridized carbons (Fsp3) is 0.318. The molecule has 3 aromatic heterocycles. The molecule has 0 aliphatic heterocycles. The Morgan fingerprint density at radius 3 is 2.67 bits per heavy atom. The highest BCUT2D eigenvalue weighted by Gasteiger charge is 2.14. The lowest BCUT2D eigenvalue weighted by Gasteiger charge is -2.09. The zero-order valence-electron chi connectivity index (χ0n) is 16.6. The lowest BCUT2D eigenvalue weighted by molar-refractivity contribution is 0.301. The summed E-state index contributed by atoms with van der Waals surface area (Å²) in [6, 6.07) is 6.83. The second-order valence-electron chi connectivity index (χ2n) is 7.24. The number of nitrogens with one attached hydrogen (secondary N) is 1. The van der Waals surface area contributed by atoms with Crippen LogP contribution in [0.4, 0.5) is 0 Å². The largest absolute Gasteiger partial charge is 0.486 e. The van der Waals surface area contributed by atoms with E-state index < -0.39 is 5.63 Å². The first-order valence-electron chi connectivity index (χ1n) is 9.90. The van der Waals surface area contributed by atoms with E-state index in [-0.39, 0.29) is 11.2 Å². The molecule has 0 aliphatic rings. The number of H-pyrrole nitrogens is 1. The molecule has 0 atom stereocenters. The van der Waals surface area contributed by atoms with E-state index in [4.69, 9.17) is 13.6 Å². The third-order valence-corrected chi connectivity index (χ3v) is 5.01. The number of benzene rings is 1. The van der Waals surface area contributed by atoms with E-state index in [1.54, 1.807) is 25.5 Å². The van der Waals surface area contributed by atoms with Gasteiger partial charge in [-0.2, -0.15) is 0 Å². The van der Waals surface area contributed by atoms with Crippen molar-refractivity contribution in [1.29, 1.82) is 0 Å². The van der Waals surface area contributed by atoms with E-state index in [0.717, 1.165) is 36.5 Å². The molecule has 4 rings (SSSR count). The van der Waals surface area contributed by atoms with Crippen molar-refractivity contribution in [2.45, 2.75) is 39.2 Å². The van der Waals surface area contributed by atoms with Gasteiger partial charge >= 0.3 is 11.3 Å². The summed E-state index contributed by atoms with van der Waals surface area (Å²) < 4.78 is 18.3. The van der Waals surface area contributed by atoms with E-state index >= 15 is 0 Å². The molecule has 3 heterocycles. The maximum Gasteiger partial charge on any atom is 0.336 e. The summed E-state index contributed by atoms with van der Waals surface area (Å²) in [5, 5.41) is 1.66. The average molecular weight is 410 g/mol. The van der Waals surface area contributed by atoms with E-state index in [0.29, 0.717) is 35.6 Å². The van der Waals surface area contributed by atoms with Gasteiger partial charge in [0.1, 0.15) is 0 Å². The molecule has 30 heavy (non-hydrogen) atoms. The van der Waals surface area contributed by atoms with Crippen LogP contribution in [0.2, 0.25) is 0 Å². The smallest absolute Gasteiger partial charge is 0.336 e. The fourth-order valence-corrected chi connectivity index (χ4v) is 3.43. The minimum Gasteiger partial charge on any atom is -0.486 e. The molecule has 0 radical (unpaired) electrons. The van der Waals surface area contributed by atoms with Gasteiger partial charge in [0.25, 0.3) is 5.56 Å². The Morgan fingerprint density at radius 2 is 1.80 bits per heavy atom. The van der Waals surface area contributed by atoms with Gasteiger partial charge in [0.2, 0.25) is 5.75 Å². The van der Waals surface area contributed by atoms with Crippen LogP contribution in [0.1, 0.15) is 31.2 Å². The average Bonchev–Trinajstić information content (AvgIpc) is 3.18. The number of ether oxygens (including phenoxy) is 1.